The summed E-state index contributed by atoms with van der Waals surface area (Å²) in [5, 5.41) is 4.88. The first kappa shape index (κ1) is 13.4. The van der Waals surface area contributed by atoms with E-state index in [1.807, 2.05) is 31.2 Å². The van der Waals surface area contributed by atoms with Crippen LogP contribution >= 0.6 is 11.3 Å². The quantitative estimate of drug-likeness (QED) is 0.597. The lowest BCUT2D eigenvalue weighted by Crippen LogP contribution is -2.20. The van der Waals surface area contributed by atoms with Gasteiger partial charge in [-0.15, -0.1) is 11.3 Å². The van der Waals surface area contributed by atoms with Gasteiger partial charge in [0.2, 0.25) is 0 Å². The molecule has 21 heavy (non-hydrogen) atoms. The van der Waals surface area contributed by atoms with Crippen LogP contribution in [0.4, 0.5) is 0 Å². The number of benzene rings is 1. The zero-order valence-corrected chi connectivity index (χ0v) is 12.1. The van der Waals surface area contributed by atoms with Gasteiger partial charge in [-0.2, -0.15) is 5.10 Å². The van der Waals surface area contributed by atoms with Crippen LogP contribution in [0.5, 0.6) is 0 Å². The van der Waals surface area contributed by atoms with Gasteiger partial charge in [-0.05, 0) is 31.2 Å². The highest BCUT2D eigenvalue weighted by Gasteiger charge is 2.08. The van der Waals surface area contributed by atoms with Gasteiger partial charge in [-0.3, -0.25) is 9.78 Å². The van der Waals surface area contributed by atoms with Crippen LogP contribution in [0, 0.1) is 0 Å². The summed E-state index contributed by atoms with van der Waals surface area (Å²) in [5.74, 6) is -0.337. The van der Waals surface area contributed by atoms with Gasteiger partial charge in [-0.25, -0.2) is 10.4 Å². The monoisotopic (exact) mass is 296 g/mol. The summed E-state index contributed by atoms with van der Waals surface area (Å²) in [6.45, 7) is 1.82. The predicted octanol–water partition coefficient (Wildman–Crippen LogP) is 2.85. The second-order valence-corrected chi connectivity index (χ2v) is 5.37. The van der Waals surface area contributed by atoms with Crippen molar-refractivity contribution in [2.75, 3.05) is 0 Å². The van der Waals surface area contributed by atoms with Crippen molar-refractivity contribution in [1.29, 1.82) is 0 Å². The normalized spacial score (nSPS) is 11.6. The minimum absolute atomic E-state index is 0.332. The predicted molar refractivity (Wildman–Crippen MR) is 83.5 cm³/mol. The maximum atomic E-state index is 11.9. The van der Waals surface area contributed by atoms with E-state index in [1.54, 1.807) is 35.7 Å². The molecule has 0 unspecified atom stereocenters. The van der Waals surface area contributed by atoms with Crippen LogP contribution in [-0.2, 0) is 0 Å². The molecule has 3 aromatic rings. The van der Waals surface area contributed by atoms with E-state index in [1.165, 1.54) is 0 Å². The number of pyridine rings is 1. The number of carbonyl (C=O) groups is 1. The van der Waals surface area contributed by atoms with E-state index in [2.05, 4.69) is 20.5 Å². The van der Waals surface area contributed by atoms with E-state index in [9.17, 15) is 4.79 Å². The molecule has 1 amide bonds. The Morgan fingerprint density at radius 3 is 2.76 bits per heavy atom. The topological polar surface area (TPSA) is 67.2 Å². The Hall–Kier alpha value is -2.60. The van der Waals surface area contributed by atoms with Crippen LogP contribution in [-0.4, -0.2) is 21.6 Å². The lowest BCUT2D eigenvalue weighted by atomic mass is 10.3. The fourth-order valence-electron chi connectivity index (χ4n) is 1.76. The molecule has 0 atom stereocenters. The van der Waals surface area contributed by atoms with Gasteiger partial charge in [0.05, 0.1) is 15.9 Å². The first-order valence-corrected chi connectivity index (χ1v) is 7.17. The van der Waals surface area contributed by atoms with Gasteiger partial charge < -0.3 is 0 Å². The number of hydrogen-bond acceptors (Lipinski definition) is 5. The number of fused-ring (bicyclic) bond motifs is 1. The van der Waals surface area contributed by atoms with Crippen molar-refractivity contribution in [3.63, 3.8) is 0 Å². The van der Waals surface area contributed by atoms with Crippen LogP contribution in [0.3, 0.4) is 0 Å². The molecule has 0 aliphatic carbocycles. The molecule has 0 spiro atoms. The Kier molecular flexibility index (Phi) is 3.70. The number of amides is 1. The number of hydrazone groups is 1. The Labute approximate surface area is 125 Å². The summed E-state index contributed by atoms with van der Waals surface area (Å²) in [6, 6.07) is 13.0. The maximum Gasteiger partial charge on any atom is 0.289 e. The molecule has 0 aliphatic rings. The third kappa shape index (κ3) is 2.95. The lowest BCUT2D eigenvalue weighted by molar-refractivity contribution is 0.0950. The standard InChI is InChI=1S/C15H12N4OS/c1-10(15-17-11-6-2-3-8-13(11)21-15)18-19-14(20)12-7-4-5-9-16-12/h2-9H,1H3,(H,19,20)/b18-10-. The van der Waals surface area contributed by atoms with E-state index >= 15 is 0 Å². The number of hydrogen-bond donors (Lipinski definition) is 1. The molecule has 5 nitrogen and oxygen atoms in total. The highest BCUT2D eigenvalue weighted by Crippen LogP contribution is 2.21. The summed E-state index contributed by atoms with van der Waals surface area (Å²) < 4.78 is 1.10. The van der Waals surface area contributed by atoms with Crippen molar-refractivity contribution >= 4 is 33.2 Å². The molecule has 6 heteroatoms. The molecule has 0 radical (unpaired) electrons. The second-order valence-electron chi connectivity index (χ2n) is 4.34. The van der Waals surface area contributed by atoms with Crippen LogP contribution in [0.25, 0.3) is 10.2 Å². The number of thiazole rings is 1. The number of para-hydroxylation sites is 1. The summed E-state index contributed by atoms with van der Waals surface area (Å²) in [4.78, 5) is 20.3. The largest absolute Gasteiger partial charge is 0.289 e. The van der Waals surface area contributed by atoms with Crippen molar-refractivity contribution < 1.29 is 4.79 Å². The van der Waals surface area contributed by atoms with Gasteiger partial charge in [0, 0.05) is 6.20 Å². The molecule has 3 rings (SSSR count). The van der Waals surface area contributed by atoms with E-state index in [0.29, 0.717) is 11.4 Å². The average molecular weight is 296 g/mol. The highest BCUT2D eigenvalue weighted by atomic mass is 32.1. The Morgan fingerprint density at radius 2 is 2.00 bits per heavy atom. The van der Waals surface area contributed by atoms with Gasteiger partial charge in [0.1, 0.15) is 10.7 Å². The zero-order valence-electron chi connectivity index (χ0n) is 11.3. The molecular formula is C15H12N4OS. The second kappa shape index (κ2) is 5.80. The molecule has 2 aromatic heterocycles. The van der Waals surface area contributed by atoms with Crippen molar-refractivity contribution in [3.05, 3.63) is 59.4 Å². The number of nitrogens with one attached hydrogen (secondary N) is 1. The third-order valence-corrected chi connectivity index (χ3v) is 3.97. The van der Waals surface area contributed by atoms with Crippen molar-refractivity contribution in [2.45, 2.75) is 6.92 Å². The van der Waals surface area contributed by atoms with Gasteiger partial charge >= 0.3 is 0 Å². The third-order valence-electron chi connectivity index (χ3n) is 2.83. The minimum Gasteiger partial charge on any atom is -0.266 e. The molecule has 1 aromatic carbocycles. The highest BCUT2D eigenvalue weighted by molar-refractivity contribution is 7.20. The van der Waals surface area contributed by atoms with Gasteiger partial charge in [-0.1, -0.05) is 18.2 Å². The zero-order chi connectivity index (χ0) is 14.7. The van der Waals surface area contributed by atoms with Crippen LogP contribution in [0.15, 0.2) is 53.8 Å². The molecular weight excluding hydrogens is 284 g/mol. The van der Waals surface area contributed by atoms with Crippen molar-refractivity contribution in [3.8, 4) is 0 Å². The summed E-state index contributed by atoms with van der Waals surface area (Å²) >= 11 is 1.54. The Balaban J connectivity index is 1.78. The first-order chi connectivity index (χ1) is 10.2. The molecule has 0 aliphatic heterocycles. The lowest BCUT2D eigenvalue weighted by Gasteiger charge is -1.99. The van der Waals surface area contributed by atoms with E-state index < -0.39 is 0 Å². The summed E-state index contributed by atoms with van der Waals surface area (Å²) in [5.41, 5.74) is 4.43. The van der Waals surface area contributed by atoms with E-state index in [-0.39, 0.29) is 5.91 Å². The van der Waals surface area contributed by atoms with Gasteiger partial charge in [0.15, 0.2) is 0 Å². The number of aromatic nitrogens is 2. The Morgan fingerprint density at radius 1 is 1.19 bits per heavy atom. The van der Waals surface area contributed by atoms with E-state index in [0.717, 1.165) is 15.2 Å². The fraction of sp³-hybridized carbons (Fsp3) is 0.0667. The molecule has 0 saturated heterocycles. The van der Waals surface area contributed by atoms with Crippen molar-refractivity contribution in [2.24, 2.45) is 5.10 Å². The molecule has 0 saturated carbocycles. The maximum absolute atomic E-state index is 11.9. The van der Waals surface area contributed by atoms with Crippen LogP contribution < -0.4 is 5.43 Å². The fourth-order valence-corrected chi connectivity index (χ4v) is 2.67. The molecule has 104 valence electrons. The smallest absolute Gasteiger partial charge is 0.266 e. The van der Waals surface area contributed by atoms with Gasteiger partial charge in [0.25, 0.3) is 5.91 Å². The molecule has 2 heterocycles. The molecule has 1 N–H and O–H groups in total. The van der Waals surface area contributed by atoms with Crippen LogP contribution in [0.2, 0.25) is 0 Å². The molecule has 0 fully saturated rings. The Bertz CT molecular complexity index is 778. The van der Waals surface area contributed by atoms with Crippen molar-refractivity contribution in [1.82, 2.24) is 15.4 Å². The minimum atomic E-state index is -0.337. The SMILES string of the molecule is C/C(=N/NC(=O)c1ccccn1)c1nc2ccccc2s1. The van der Waals surface area contributed by atoms with Crippen LogP contribution in [0.1, 0.15) is 22.4 Å². The summed E-state index contributed by atoms with van der Waals surface area (Å²) in [7, 11) is 0. The molecule has 0 bridgehead atoms. The number of nitrogens with zero attached hydrogens (tertiary/aromatic N) is 3. The average Bonchev–Trinajstić information content (AvgIpc) is 2.97. The van der Waals surface area contributed by atoms with E-state index in [4.69, 9.17) is 0 Å². The number of carbonyl (C=O) groups excluding carboxylic acids is 1. The summed E-state index contributed by atoms with van der Waals surface area (Å²) in [6.07, 6.45) is 1.57. The number of rotatable bonds is 3. The first-order valence-electron chi connectivity index (χ1n) is 6.35.